The zero-order valence-corrected chi connectivity index (χ0v) is 16.0. The third-order valence-corrected chi connectivity index (χ3v) is 3.74. The first-order chi connectivity index (χ1) is 9.15. The molecule has 0 fully saturated rings. The maximum atomic E-state index is 4.54. The fourth-order valence-electron chi connectivity index (χ4n) is 1.53. The van der Waals surface area contributed by atoms with Gasteiger partial charge in [0.25, 0.3) is 0 Å². The normalized spacial score (nSPS) is 11.3. The van der Waals surface area contributed by atoms with E-state index in [4.69, 9.17) is 0 Å². The Labute approximate surface area is 143 Å². The number of hydrogen-bond donors (Lipinski definition) is 2. The second-order valence-corrected chi connectivity index (χ2v) is 6.06. The Bertz CT molecular complexity index is 390. The molecule has 0 radical (unpaired) electrons. The summed E-state index contributed by atoms with van der Waals surface area (Å²) in [5.41, 5.74) is 0. The van der Waals surface area contributed by atoms with Gasteiger partial charge in [-0.1, -0.05) is 20.8 Å². The van der Waals surface area contributed by atoms with Crippen LogP contribution >= 0.6 is 35.3 Å². The van der Waals surface area contributed by atoms with Crippen LogP contribution in [-0.2, 0) is 12.8 Å². The van der Waals surface area contributed by atoms with E-state index in [0.717, 1.165) is 38.4 Å². The molecule has 0 aliphatic rings. The van der Waals surface area contributed by atoms with Gasteiger partial charge < -0.3 is 10.6 Å². The van der Waals surface area contributed by atoms with Gasteiger partial charge in [0.1, 0.15) is 0 Å². The van der Waals surface area contributed by atoms with Crippen LogP contribution < -0.4 is 10.6 Å². The second-order valence-electron chi connectivity index (χ2n) is 4.86. The zero-order chi connectivity index (χ0) is 14.1. The molecule has 4 nitrogen and oxygen atoms in total. The van der Waals surface area contributed by atoms with Crippen molar-refractivity contribution >= 4 is 41.3 Å². The summed E-state index contributed by atoms with van der Waals surface area (Å²) in [4.78, 5) is 10.3. The van der Waals surface area contributed by atoms with E-state index in [2.05, 4.69) is 48.3 Å². The molecule has 0 atom stereocenters. The molecule has 0 spiro atoms. The van der Waals surface area contributed by atoms with E-state index < -0.39 is 0 Å². The highest BCUT2D eigenvalue weighted by atomic mass is 127. The summed E-state index contributed by atoms with van der Waals surface area (Å²) in [6, 6.07) is 0. The lowest BCUT2D eigenvalue weighted by molar-refractivity contribution is 0.656. The molecule has 0 saturated heterocycles. The molecule has 2 N–H and O–H groups in total. The van der Waals surface area contributed by atoms with Gasteiger partial charge in [0.2, 0.25) is 0 Å². The Morgan fingerprint density at radius 3 is 2.65 bits per heavy atom. The molecular formula is C14H27IN4S. The highest BCUT2D eigenvalue weighted by Crippen LogP contribution is 2.13. The minimum absolute atomic E-state index is 0. The average Bonchev–Trinajstić information content (AvgIpc) is 2.84. The van der Waals surface area contributed by atoms with Crippen LogP contribution in [0.2, 0.25) is 0 Å². The van der Waals surface area contributed by atoms with Crippen molar-refractivity contribution in [3.05, 3.63) is 16.1 Å². The predicted octanol–water partition coefficient (Wildman–Crippen LogP) is 3.08. The van der Waals surface area contributed by atoms with Crippen LogP contribution in [0.1, 0.15) is 37.6 Å². The van der Waals surface area contributed by atoms with E-state index >= 15 is 0 Å². The number of nitrogens with zero attached hydrogens (tertiary/aromatic N) is 2. The molecule has 1 rings (SSSR count). The Morgan fingerprint density at radius 1 is 1.35 bits per heavy atom. The van der Waals surface area contributed by atoms with Crippen LogP contribution in [0.15, 0.2) is 11.2 Å². The Hall–Kier alpha value is -0.370. The largest absolute Gasteiger partial charge is 0.357 e. The van der Waals surface area contributed by atoms with Crippen LogP contribution in [0.4, 0.5) is 0 Å². The van der Waals surface area contributed by atoms with Gasteiger partial charge in [0.05, 0.1) is 5.01 Å². The van der Waals surface area contributed by atoms with E-state index in [1.807, 2.05) is 6.20 Å². The van der Waals surface area contributed by atoms with Crippen LogP contribution in [0, 0.1) is 5.92 Å². The van der Waals surface area contributed by atoms with Gasteiger partial charge in [0.15, 0.2) is 5.96 Å². The fourth-order valence-corrected chi connectivity index (χ4v) is 2.39. The van der Waals surface area contributed by atoms with E-state index in [0.29, 0.717) is 5.92 Å². The smallest absolute Gasteiger partial charge is 0.191 e. The Balaban J connectivity index is 0.00000361. The van der Waals surface area contributed by atoms with Crippen molar-refractivity contribution in [2.75, 3.05) is 19.6 Å². The van der Waals surface area contributed by atoms with Gasteiger partial charge >= 0.3 is 0 Å². The van der Waals surface area contributed by atoms with Crippen molar-refractivity contribution in [1.82, 2.24) is 15.6 Å². The van der Waals surface area contributed by atoms with Crippen molar-refractivity contribution in [2.45, 2.75) is 40.5 Å². The van der Waals surface area contributed by atoms with Crippen molar-refractivity contribution in [3.8, 4) is 0 Å². The van der Waals surface area contributed by atoms with Crippen molar-refractivity contribution in [1.29, 1.82) is 0 Å². The Morgan fingerprint density at radius 2 is 2.10 bits per heavy atom. The van der Waals surface area contributed by atoms with Crippen LogP contribution in [0.3, 0.4) is 0 Å². The Kier molecular flexibility index (Phi) is 11.1. The molecular weight excluding hydrogens is 383 g/mol. The van der Waals surface area contributed by atoms with Gasteiger partial charge in [-0.3, -0.25) is 4.99 Å². The number of rotatable bonds is 7. The molecule has 0 unspecified atom stereocenters. The average molecular weight is 410 g/mol. The van der Waals surface area contributed by atoms with Gasteiger partial charge in [-0.05, 0) is 19.3 Å². The van der Waals surface area contributed by atoms with Crippen molar-refractivity contribution < 1.29 is 0 Å². The highest BCUT2D eigenvalue weighted by Gasteiger charge is 2.02. The number of nitrogens with one attached hydrogen (secondary N) is 2. The van der Waals surface area contributed by atoms with Crippen LogP contribution in [0.25, 0.3) is 0 Å². The molecule has 116 valence electrons. The molecule has 0 aliphatic carbocycles. The fraction of sp³-hybridized carbons (Fsp3) is 0.714. The molecule has 0 bridgehead atoms. The first-order valence-corrected chi connectivity index (χ1v) is 7.93. The first kappa shape index (κ1) is 19.6. The van der Waals surface area contributed by atoms with Gasteiger partial charge in [-0.25, -0.2) is 4.98 Å². The number of guanidine groups is 1. The number of thiazole rings is 1. The summed E-state index contributed by atoms with van der Waals surface area (Å²) in [6.45, 7) is 11.2. The third kappa shape index (κ3) is 8.04. The number of aromatic nitrogens is 1. The maximum absolute atomic E-state index is 4.54. The topological polar surface area (TPSA) is 49.3 Å². The van der Waals surface area contributed by atoms with E-state index in [-0.39, 0.29) is 24.0 Å². The number of aryl methyl sites for hydroxylation is 1. The van der Waals surface area contributed by atoms with Crippen molar-refractivity contribution in [2.24, 2.45) is 10.9 Å². The molecule has 0 saturated carbocycles. The predicted molar refractivity (Wildman–Crippen MR) is 99.4 cm³/mol. The number of hydrogen-bond acceptors (Lipinski definition) is 3. The molecule has 0 aliphatic heterocycles. The molecule has 6 heteroatoms. The lowest BCUT2D eigenvalue weighted by Crippen LogP contribution is -2.38. The SMILES string of the molecule is CCNC(=NCC(C)C)NCCc1ncc(CC)s1.I. The lowest BCUT2D eigenvalue weighted by atomic mass is 10.2. The molecule has 0 aromatic carbocycles. The number of halogens is 1. The summed E-state index contributed by atoms with van der Waals surface area (Å²) in [7, 11) is 0. The first-order valence-electron chi connectivity index (χ1n) is 7.11. The molecule has 0 amide bonds. The molecule has 20 heavy (non-hydrogen) atoms. The van der Waals surface area contributed by atoms with Crippen LogP contribution in [0.5, 0.6) is 0 Å². The molecule has 1 heterocycles. The third-order valence-electron chi connectivity index (χ3n) is 2.54. The monoisotopic (exact) mass is 410 g/mol. The number of aliphatic imine (C=N–C) groups is 1. The van der Waals surface area contributed by atoms with Gasteiger partial charge in [0, 0.05) is 37.1 Å². The van der Waals surface area contributed by atoms with Gasteiger partial charge in [-0.15, -0.1) is 35.3 Å². The maximum Gasteiger partial charge on any atom is 0.191 e. The standard InChI is InChI=1S/C14H26N4S.HI/c1-5-12-10-17-13(19-12)7-8-16-14(15-6-2)18-9-11(3)4;/h10-11H,5-9H2,1-4H3,(H2,15,16,18);1H. The lowest BCUT2D eigenvalue weighted by Gasteiger charge is -2.11. The quantitative estimate of drug-likeness (QED) is 0.413. The van der Waals surface area contributed by atoms with Crippen molar-refractivity contribution in [3.63, 3.8) is 0 Å². The summed E-state index contributed by atoms with van der Waals surface area (Å²) in [5, 5.41) is 7.82. The summed E-state index contributed by atoms with van der Waals surface area (Å²) in [5.74, 6) is 1.49. The second kappa shape index (κ2) is 11.3. The zero-order valence-electron chi connectivity index (χ0n) is 12.9. The minimum Gasteiger partial charge on any atom is -0.357 e. The summed E-state index contributed by atoms with van der Waals surface area (Å²) < 4.78 is 0. The van der Waals surface area contributed by atoms with E-state index in [1.165, 1.54) is 9.88 Å². The summed E-state index contributed by atoms with van der Waals surface area (Å²) >= 11 is 1.80. The van der Waals surface area contributed by atoms with Gasteiger partial charge in [-0.2, -0.15) is 0 Å². The molecule has 1 aromatic rings. The van der Waals surface area contributed by atoms with E-state index in [9.17, 15) is 0 Å². The highest BCUT2D eigenvalue weighted by molar-refractivity contribution is 14.0. The van der Waals surface area contributed by atoms with Crippen LogP contribution in [-0.4, -0.2) is 30.6 Å². The minimum atomic E-state index is 0. The summed E-state index contributed by atoms with van der Waals surface area (Å²) in [6.07, 6.45) is 4.01. The van der Waals surface area contributed by atoms with E-state index in [1.54, 1.807) is 11.3 Å². The molecule has 1 aromatic heterocycles.